The zero-order valence-electron chi connectivity index (χ0n) is 5.92. The highest BCUT2D eigenvalue weighted by Crippen LogP contribution is 2.39. The van der Waals surface area contributed by atoms with Crippen LogP contribution in [0, 0.1) is 0 Å². The summed E-state index contributed by atoms with van der Waals surface area (Å²) in [6.07, 6.45) is 3.85. The largest absolute Gasteiger partial charge is 0.369 e. The second-order valence-corrected chi connectivity index (χ2v) is 3.26. The summed E-state index contributed by atoms with van der Waals surface area (Å²) in [6.45, 7) is 0.481. The molecule has 1 amide bonds. The van der Waals surface area contributed by atoms with E-state index in [9.17, 15) is 4.79 Å². The van der Waals surface area contributed by atoms with Gasteiger partial charge in [-0.2, -0.15) is 0 Å². The molecule has 3 heteroatoms. The van der Waals surface area contributed by atoms with Crippen molar-refractivity contribution in [2.75, 3.05) is 6.54 Å². The summed E-state index contributed by atoms with van der Waals surface area (Å²) in [5.41, 5.74) is 5.07. The van der Waals surface area contributed by atoms with E-state index < -0.39 is 0 Å². The number of carbonyl (C=O) groups excluding carboxylic acids is 1. The Labute approximate surface area is 60.2 Å². The van der Waals surface area contributed by atoms with E-state index in [2.05, 4.69) is 4.90 Å². The Hall–Kier alpha value is -0.570. The van der Waals surface area contributed by atoms with Crippen LogP contribution < -0.4 is 5.73 Å². The molecule has 2 unspecified atom stereocenters. The molecule has 2 heterocycles. The van der Waals surface area contributed by atoms with Crippen molar-refractivity contribution < 1.29 is 4.79 Å². The third kappa shape index (κ3) is 0.736. The normalized spacial score (nSPS) is 37.6. The second-order valence-electron chi connectivity index (χ2n) is 3.26. The van der Waals surface area contributed by atoms with Gasteiger partial charge in [0.2, 0.25) is 5.91 Å². The average molecular weight is 140 g/mol. The van der Waals surface area contributed by atoms with Gasteiger partial charge in [-0.05, 0) is 19.3 Å². The number of nitrogens with two attached hydrogens (primary N) is 1. The number of rotatable bonds is 2. The lowest BCUT2D eigenvalue weighted by atomic mass is 10.0. The van der Waals surface area contributed by atoms with Crippen molar-refractivity contribution in [1.82, 2.24) is 4.90 Å². The zero-order valence-corrected chi connectivity index (χ0v) is 5.92. The van der Waals surface area contributed by atoms with E-state index >= 15 is 0 Å². The first kappa shape index (κ1) is 6.16. The summed E-state index contributed by atoms with van der Waals surface area (Å²) >= 11 is 0. The number of primary amides is 1. The third-order valence-electron chi connectivity index (χ3n) is 2.65. The minimum absolute atomic E-state index is 0.184. The molecule has 2 atom stereocenters. The van der Waals surface area contributed by atoms with Crippen molar-refractivity contribution >= 4 is 5.91 Å². The first-order valence-electron chi connectivity index (χ1n) is 3.81. The maximum atomic E-state index is 10.5. The predicted octanol–water partition coefficient (Wildman–Crippen LogP) is -0.292. The van der Waals surface area contributed by atoms with Crippen molar-refractivity contribution in [2.24, 2.45) is 5.73 Å². The summed E-state index contributed by atoms with van der Waals surface area (Å²) in [6, 6.07) is 1.38. The number of fused-ring (bicyclic) bond motifs is 1. The lowest BCUT2D eigenvalue weighted by Gasteiger charge is -2.39. The molecule has 56 valence electrons. The van der Waals surface area contributed by atoms with Gasteiger partial charge in [0.15, 0.2) is 0 Å². The molecule has 3 fully saturated rings. The van der Waals surface area contributed by atoms with Crippen LogP contribution in [0.15, 0.2) is 0 Å². The van der Waals surface area contributed by atoms with E-state index in [0.29, 0.717) is 18.6 Å². The number of amides is 1. The molecule has 3 rings (SSSR count). The minimum atomic E-state index is -0.184. The fraction of sp³-hybridized carbons (Fsp3) is 0.857. The Morgan fingerprint density at radius 3 is 2.50 bits per heavy atom. The molecule has 2 N–H and O–H groups in total. The van der Waals surface area contributed by atoms with Crippen LogP contribution >= 0.6 is 0 Å². The minimum Gasteiger partial charge on any atom is -0.369 e. The smallest absolute Gasteiger partial charge is 0.231 e. The SMILES string of the molecule is NC(=O)CN1C2CCC1C2. The van der Waals surface area contributed by atoms with Crippen molar-refractivity contribution in [2.45, 2.75) is 31.3 Å². The maximum Gasteiger partial charge on any atom is 0.231 e. The molecule has 2 bridgehead atoms. The van der Waals surface area contributed by atoms with E-state index in [-0.39, 0.29) is 5.91 Å². The van der Waals surface area contributed by atoms with Gasteiger partial charge in [-0.25, -0.2) is 0 Å². The fourth-order valence-corrected chi connectivity index (χ4v) is 2.14. The van der Waals surface area contributed by atoms with E-state index in [1.54, 1.807) is 0 Å². The Morgan fingerprint density at radius 2 is 2.10 bits per heavy atom. The molecule has 0 aromatic heterocycles. The number of carbonyl (C=O) groups is 1. The third-order valence-corrected chi connectivity index (χ3v) is 2.65. The van der Waals surface area contributed by atoms with Crippen molar-refractivity contribution in [3.05, 3.63) is 0 Å². The number of hydrogen-bond acceptors (Lipinski definition) is 2. The monoisotopic (exact) mass is 140 g/mol. The molecule has 2 saturated heterocycles. The van der Waals surface area contributed by atoms with Crippen LogP contribution in [0.1, 0.15) is 19.3 Å². The average Bonchev–Trinajstić information content (AvgIpc) is 2.39. The highest BCUT2D eigenvalue weighted by atomic mass is 16.1. The Balaban J connectivity index is 1.91. The van der Waals surface area contributed by atoms with Gasteiger partial charge in [0, 0.05) is 12.1 Å². The standard InChI is InChI=1S/C7H12N2O/c8-7(10)4-9-5-1-2-6(9)3-5/h5-6H,1-4H2,(H2,8,10). The second kappa shape index (κ2) is 1.95. The summed E-state index contributed by atoms with van der Waals surface area (Å²) in [5.74, 6) is -0.184. The molecule has 3 nitrogen and oxygen atoms in total. The maximum absolute atomic E-state index is 10.5. The number of nitrogens with zero attached hydrogens (tertiary/aromatic N) is 1. The van der Waals surface area contributed by atoms with Crippen LogP contribution in [0.5, 0.6) is 0 Å². The molecular weight excluding hydrogens is 128 g/mol. The van der Waals surface area contributed by atoms with Gasteiger partial charge in [-0.1, -0.05) is 0 Å². The molecule has 0 aromatic carbocycles. The van der Waals surface area contributed by atoms with Gasteiger partial charge in [0.25, 0.3) is 0 Å². The van der Waals surface area contributed by atoms with E-state index in [0.717, 1.165) is 0 Å². The summed E-state index contributed by atoms with van der Waals surface area (Å²) in [5, 5.41) is 0. The van der Waals surface area contributed by atoms with E-state index in [4.69, 9.17) is 5.73 Å². The predicted molar refractivity (Wildman–Crippen MR) is 37.3 cm³/mol. The van der Waals surface area contributed by atoms with Gasteiger partial charge < -0.3 is 5.73 Å². The number of hydrogen-bond donors (Lipinski definition) is 1. The van der Waals surface area contributed by atoms with Gasteiger partial charge >= 0.3 is 0 Å². The Bertz CT molecular complexity index is 155. The lowest BCUT2D eigenvalue weighted by Crippen LogP contribution is -2.51. The van der Waals surface area contributed by atoms with Crippen molar-refractivity contribution in [3.63, 3.8) is 0 Å². The summed E-state index contributed by atoms with van der Waals surface area (Å²) < 4.78 is 0. The fourth-order valence-electron chi connectivity index (χ4n) is 2.14. The zero-order chi connectivity index (χ0) is 7.14. The van der Waals surface area contributed by atoms with Crippen LogP contribution in [-0.2, 0) is 4.79 Å². The van der Waals surface area contributed by atoms with Crippen LogP contribution in [0.25, 0.3) is 0 Å². The first-order valence-corrected chi connectivity index (χ1v) is 3.81. The van der Waals surface area contributed by atoms with E-state index in [1.165, 1.54) is 19.3 Å². The Kier molecular flexibility index (Phi) is 1.20. The van der Waals surface area contributed by atoms with Gasteiger partial charge in [-0.15, -0.1) is 0 Å². The molecule has 10 heavy (non-hydrogen) atoms. The highest BCUT2D eigenvalue weighted by Gasteiger charge is 2.44. The molecular formula is C7H12N2O. The van der Waals surface area contributed by atoms with E-state index in [1.807, 2.05) is 0 Å². The van der Waals surface area contributed by atoms with Gasteiger partial charge in [-0.3, -0.25) is 9.69 Å². The first-order chi connectivity index (χ1) is 4.77. The molecule has 0 radical (unpaired) electrons. The molecule has 2 aliphatic heterocycles. The van der Waals surface area contributed by atoms with Crippen LogP contribution in [0.4, 0.5) is 0 Å². The summed E-state index contributed by atoms with van der Waals surface area (Å²) in [7, 11) is 0. The highest BCUT2D eigenvalue weighted by molar-refractivity contribution is 5.76. The molecule has 1 aliphatic carbocycles. The topological polar surface area (TPSA) is 46.3 Å². The van der Waals surface area contributed by atoms with Crippen LogP contribution in [-0.4, -0.2) is 29.4 Å². The van der Waals surface area contributed by atoms with Crippen LogP contribution in [0.2, 0.25) is 0 Å². The quantitative estimate of drug-likeness (QED) is 0.573. The molecule has 0 aromatic rings. The molecule has 1 saturated carbocycles. The molecule has 0 spiro atoms. The van der Waals surface area contributed by atoms with Gasteiger partial charge in [0.05, 0.1) is 6.54 Å². The van der Waals surface area contributed by atoms with Crippen molar-refractivity contribution in [3.8, 4) is 0 Å². The van der Waals surface area contributed by atoms with Gasteiger partial charge in [0.1, 0.15) is 0 Å². The summed E-state index contributed by atoms with van der Waals surface area (Å²) in [4.78, 5) is 12.7. The molecule has 3 aliphatic rings. The van der Waals surface area contributed by atoms with Crippen LogP contribution in [0.3, 0.4) is 0 Å². The Morgan fingerprint density at radius 1 is 1.50 bits per heavy atom. The lowest BCUT2D eigenvalue weighted by molar-refractivity contribution is -0.121. The van der Waals surface area contributed by atoms with Crippen molar-refractivity contribution in [1.29, 1.82) is 0 Å².